The van der Waals surface area contributed by atoms with E-state index in [1.54, 1.807) is 32.0 Å². The van der Waals surface area contributed by atoms with Gasteiger partial charge in [-0.15, -0.1) is 0 Å². The highest BCUT2D eigenvalue weighted by Crippen LogP contribution is 2.31. The lowest BCUT2D eigenvalue weighted by molar-refractivity contribution is 0.220. The van der Waals surface area contributed by atoms with Gasteiger partial charge in [-0.2, -0.15) is 0 Å². The fraction of sp³-hybridized carbons (Fsp3) is 0.250. The van der Waals surface area contributed by atoms with Crippen molar-refractivity contribution < 1.29 is 9.50 Å². The summed E-state index contributed by atoms with van der Waals surface area (Å²) >= 11 is 6.21. The lowest BCUT2D eigenvalue weighted by Gasteiger charge is -2.16. The van der Waals surface area contributed by atoms with E-state index in [1.807, 2.05) is 19.1 Å². The van der Waals surface area contributed by atoms with Crippen molar-refractivity contribution in [3.8, 4) is 0 Å². The molecule has 2 aromatic carbocycles. The van der Waals surface area contributed by atoms with Crippen LogP contribution in [0.4, 0.5) is 4.39 Å². The molecule has 0 fully saturated rings. The van der Waals surface area contributed by atoms with Crippen molar-refractivity contribution in [1.29, 1.82) is 0 Å². The molecule has 0 amide bonds. The number of aliphatic hydroxyl groups excluding tert-OH is 1. The predicted molar refractivity (Wildman–Crippen MR) is 76.1 cm³/mol. The van der Waals surface area contributed by atoms with Crippen molar-refractivity contribution in [2.75, 3.05) is 0 Å². The summed E-state index contributed by atoms with van der Waals surface area (Å²) in [4.78, 5) is 0. The summed E-state index contributed by atoms with van der Waals surface area (Å²) in [5.74, 6) is -0.230. The Balaban J connectivity index is 2.50. The molecule has 0 bridgehead atoms. The molecule has 0 aliphatic rings. The van der Waals surface area contributed by atoms with Crippen molar-refractivity contribution in [2.45, 2.75) is 26.9 Å². The molecule has 0 aliphatic carbocycles. The van der Waals surface area contributed by atoms with E-state index in [-0.39, 0.29) is 5.82 Å². The van der Waals surface area contributed by atoms with Gasteiger partial charge in [0, 0.05) is 10.6 Å². The maximum absolute atomic E-state index is 13.6. The highest BCUT2D eigenvalue weighted by atomic mass is 35.5. The Morgan fingerprint density at radius 3 is 2.21 bits per heavy atom. The minimum absolute atomic E-state index is 0.230. The monoisotopic (exact) mass is 278 g/mol. The Hall–Kier alpha value is -1.38. The van der Waals surface area contributed by atoms with Crippen LogP contribution in [0.15, 0.2) is 30.3 Å². The van der Waals surface area contributed by atoms with Crippen LogP contribution in [-0.4, -0.2) is 5.11 Å². The van der Waals surface area contributed by atoms with Gasteiger partial charge >= 0.3 is 0 Å². The number of benzene rings is 2. The summed E-state index contributed by atoms with van der Waals surface area (Å²) in [6.45, 7) is 5.27. The molecule has 1 unspecified atom stereocenters. The average molecular weight is 279 g/mol. The van der Waals surface area contributed by atoms with E-state index in [2.05, 4.69) is 0 Å². The standard InChI is InChI=1S/C16H16ClFO/c1-9-5-4-6-13(14(9)17)16(19)12-7-10(2)15(18)11(3)8-12/h4-8,16,19H,1-3H3. The smallest absolute Gasteiger partial charge is 0.129 e. The predicted octanol–water partition coefficient (Wildman–Crippen LogP) is 4.49. The lowest BCUT2D eigenvalue weighted by atomic mass is 9.96. The number of hydrogen-bond donors (Lipinski definition) is 1. The van der Waals surface area contributed by atoms with Crippen LogP contribution < -0.4 is 0 Å². The molecule has 3 heteroatoms. The first kappa shape index (κ1) is 14.0. The molecule has 0 saturated carbocycles. The third-order valence-corrected chi connectivity index (χ3v) is 3.81. The molecule has 2 aromatic rings. The molecule has 1 atom stereocenters. The molecule has 100 valence electrons. The molecular formula is C16H16ClFO. The van der Waals surface area contributed by atoms with Crippen LogP contribution in [0.3, 0.4) is 0 Å². The zero-order valence-corrected chi connectivity index (χ0v) is 11.9. The van der Waals surface area contributed by atoms with Gasteiger partial charge in [-0.05, 0) is 43.0 Å². The Morgan fingerprint density at radius 2 is 1.63 bits per heavy atom. The third-order valence-electron chi connectivity index (χ3n) is 3.29. The second-order valence-corrected chi connectivity index (χ2v) is 5.23. The van der Waals surface area contributed by atoms with Gasteiger partial charge in [0.25, 0.3) is 0 Å². The Morgan fingerprint density at radius 1 is 1.05 bits per heavy atom. The van der Waals surface area contributed by atoms with Gasteiger partial charge in [-0.1, -0.05) is 41.9 Å². The molecule has 0 aromatic heterocycles. The fourth-order valence-electron chi connectivity index (χ4n) is 2.20. The van der Waals surface area contributed by atoms with Crippen molar-refractivity contribution in [3.05, 3.63) is 69.0 Å². The van der Waals surface area contributed by atoms with Crippen molar-refractivity contribution in [1.82, 2.24) is 0 Å². The first-order chi connectivity index (χ1) is 8.91. The van der Waals surface area contributed by atoms with Crippen molar-refractivity contribution in [2.24, 2.45) is 0 Å². The number of aliphatic hydroxyl groups is 1. The van der Waals surface area contributed by atoms with Crippen LogP contribution in [-0.2, 0) is 0 Å². The zero-order chi connectivity index (χ0) is 14.2. The van der Waals surface area contributed by atoms with Gasteiger partial charge in [0.1, 0.15) is 11.9 Å². The summed E-state index contributed by atoms with van der Waals surface area (Å²) < 4.78 is 13.6. The molecule has 0 aliphatic heterocycles. The van der Waals surface area contributed by atoms with Gasteiger partial charge in [0.15, 0.2) is 0 Å². The summed E-state index contributed by atoms with van der Waals surface area (Å²) in [5, 5.41) is 11.0. The van der Waals surface area contributed by atoms with E-state index in [4.69, 9.17) is 11.6 Å². The average Bonchev–Trinajstić information content (AvgIpc) is 2.38. The number of hydrogen-bond acceptors (Lipinski definition) is 1. The quantitative estimate of drug-likeness (QED) is 0.858. The molecule has 0 spiro atoms. The number of aryl methyl sites for hydroxylation is 3. The molecule has 0 saturated heterocycles. The topological polar surface area (TPSA) is 20.2 Å². The van der Waals surface area contributed by atoms with Gasteiger partial charge in [-0.25, -0.2) is 4.39 Å². The second kappa shape index (κ2) is 5.32. The Kier molecular flexibility index (Phi) is 3.93. The minimum Gasteiger partial charge on any atom is -0.384 e. The SMILES string of the molecule is Cc1cc(C(O)c2cccc(C)c2Cl)cc(C)c1F. The lowest BCUT2D eigenvalue weighted by Crippen LogP contribution is -2.03. The Bertz CT molecular complexity index is 599. The first-order valence-electron chi connectivity index (χ1n) is 6.11. The highest BCUT2D eigenvalue weighted by molar-refractivity contribution is 6.32. The van der Waals surface area contributed by atoms with E-state index in [0.29, 0.717) is 27.3 Å². The van der Waals surface area contributed by atoms with Crippen LogP contribution in [0, 0.1) is 26.6 Å². The number of halogens is 2. The minimum atomic E-state index is -0.842. The van der Waals surface area contributed by atoms with Gasteiger partial charge in [0.05, 0.1) is 0 Å². The molecular weight excluding hydrogens is 263 g/mol. The van der Waals surface area contributed by atoms with Crippen LogP contribution in [0.2, 0.25) is 5.02 Å². The molecule has 1 N–H and O–H groups in total. The summed E-state index contributed by atoms with van der Waals surface area (Å²) in [6.07, 6.45) is -0.842. The molecule has 19 heavy (non-hydrogen) atoms. The van der Waals surface area contributed by atoms with Crippen molar-refractivity contribution >= 4 is 11.6 Å². The normalized spacial score (nSPS) is 12.5. The second-order valence-electron chi connectivity index (χ2n) is 4.85. The largest absolute Gasteiger partial charge is 0.384 e. The van der Waals surface area contributed by atoms with Crippen molar-refractivity contribution in [3.63, 3.8) is 0 Å². The molecule has 2 rings (SSSR count). The molecule has 0 heterocycles. The van der Waals surface area contributed by atoms with Crippen LogP contribution in [0.1, 0.15) is 33.9 Å². The number of rotatable bonds is 2. The summed E-state index contributed by atoms with van der Waals surface area (Å²) in [7, 11) is 0. The maximum atomic E-state index is 13.6. The van der Waals surface area contributed by atoms with E-state index >= 15 is 0 Å². The van der Waals surface area contributed by atoms with Gasteiger partial charge in [-0.3, -0.25) is 0 Å². The van der Waals surface area contributed by atoms with Gasteiger partial charge in [0.2, 0.25) is 0 Å². The van der Waals surface area contributed by atoms with Gasteiger partial charge < -0.3 is 5.11 Å². The highest BCUT2D eigenvalue weighted by Gasteiger charge is 2.17. The fourth-order valence-corrected chi connectivity index (χ4v) is 2.43. The Labute approximate surface area is 117 Å². The van der Waals surface area contributed by atoms with E-state index in [0.717, 1.165) is 5.56 Å². The van der Waals surface area contributed by atoms with Crippen LogP contribution in [0.25, 0.3) is 0 Å². The molecule has 1 nitrogen and oxygen atoms in total. The molecule has 0 radical (unpaired) electrons. The maximum Gasteiger partial charge on any atom is 0.129 e. The van der Waals surface area contributed by atoms with E-state index < -0.39 is 6.10 Å². The zero-order valence-electron chi connectivity index (χ0n) is 11.2. The third kappa shape index (κ3) is 2.65. The van der Waals surface area contributed by atoms with E-state index in [9.17, 15) is 9.50 Å². The van der Waals surface area contributed by atoms with Crippen LogP contribution in [0.5, 0.6) is 0 Å². The summed E-state index contributed by atoms with van der Waals surface area (Å²) in [6, 6.07) is 8.84. The van der Waals surface area contributed by atoms with Crippen LogP contribution >= 0.6 is 11.6 Å². The summed E-state index contributed by atoms with van der Waals surface area (Å²) in [5.41, 5.74) is 3.26. The van der Waals surface area contributed by atoms with E-state index in [1.165, 1.54) is 0 Å². The first-order valence-corrected chi connectivity index (χ1v) is 6.49.